The number of aromatic nitrogens is 1. The normalized spacial score (nSPS) is 24.8. The van der Waals surface area contributed by atoms with Gasteiger partial charge >= 0.3 is 0 Å². The molecular formula is C19H18BrN3O3. The number of carbonyl (C=O) groups is 2. The zero-order chi connectivity index (χ0) is 18.3. The van der Waals surface area contributed by atoms with Crippen molar-refractivity contribution in [3.63, 3.8) is 0 Å². The van der Waals surface area contributed by atoms with Gasteiger partial charge in [0.05, 0.1) is 18.7 Å². The Bertz CT molecular complexity index is 828. The summed E-state index contributed by atoms with van der Waals surface area (Å²) in [5.74, 6) is -0.261. The van der Waals surface area contributed by atoms with Crippen LogP contribution < -0.4 is 0 Å². The number of pyridine rings is 1. The summed E-state index contributed by atoms with van der Waals surface area (Å²) < 4.78 is 0.979. The molecule has 2 aliphatic rings. The van der Waals surface area contributed by atoms with Crippen LogP contribution in [0.2, 0.25) is 0 Å². The van der Waals surface area contributed by atoms with Gasteiger partial charge in [-0.1, -0.05) is 28.1 Å². The average Bonchev–Trinajstić information content (AvgIpc) is 2.65. The number of fused-ring (bicyclic) bond motifs is 1. The Hall–Kier alpha value is -2.25. The monoisotopic (exact) mass is 415 g/mol. The highest BCUT2D eigenvalue weighted by atomic mass is 79.9. The minimum Gasteiger partial charge on any atom is -0.394 e. The third kappa shape index (κ3) is 2.81. The first-order chi connectivity index (χ1) is 12.6. The number of aliphatic hydroxyl groups is 1. The van der Waals surface area contributed by atoms with Gasteiger partial charge < -0.3 is 14.9 Å². The van der Waals surface area contributed by atoms with Crippen LogP contribution in [0.5, 0.6) is 0 Å². The molecule has 0 bridgehead atoms. The first-order valence-electron chi connectivity index (χ1n) is 8.47. The fraction of sp³-hybridized carbons (Fsp3) is 0.316. The second-order valence-corrected chi connectivity index (χ2v) is 7.53. The van der Waals surface area contributed by atoms with Gasteiger partial charge in [0.1, 0.15) is 6.54 Å². The van der Waals surface area contributed by atoms with E-state index in [1.807, 2.05) is 24.3 Å². The van der Waals surface area contributed by atoms with Crippen molar-refractivity contribution in [3.8, 4) is 0 Å². The molecule has 0 radical (unpaired) electrons. The maximum absolute atomic E-state index is 12.7. The lowest BCUT2D eigenvalue weighted by atomic mass is 9.73. The Balaban J connectivity index is 1.59. The van der Waals surface area contributed by atoms with E-state index in [0.717, 1.165) is 10.0 Å². The van der Waals surface area contributed by atoms with E-state index in [0.29, 0.717) is 12.1 Å². The van der Waals surface area contributed by atoms with Crippen molar-refractivity contribution in [1.82, 2.24) is 14.8 Å². The van der Waals surface area contributed by atoms with Crippen LogP contribution in [0.4, 0.5) is 0 Å². The van der Waals surface area contributed by atoms with Crippen molar-refractivity contribution in [2.45, 2.75) is 18.0 Å². The highest BCUT2D eigenvalue weighted by Gasteiger charge is 2.54. The van der Waals surface area contributed by atoms with Gasteiger partial charge in [0, 0.05) is 34.9 Å². The lowest BCUT2D eigenvalue weighted by Crippen LogP contribution is -2.73. The lowest BCUT2D eigenvalue weighted by molar-refractivity contribution is -0.159. The number of rotatable bonds is 3. The fourth-order valence-corrected chi connectivity index (χ4v) is 4.28. The Kier molecular flexibility index (Phi) is 4.50. The summed E-state index contributed by atoms with van der Waals surface area (Å²) >= 11 is 3.43. The van der Waals surface area contributed by atoms with Crippen LogP contribution in [0, 0.1) is 0 Å². The molecule has 0 aliphatic carbocycles. The minimum atomic E-state index is -0.230. The van der Waals surface area contributed by atoms with Gasteiger partial charge in [0.2, 0.25) is 5.91 Å². The predicted octanol–water partition coefficient (Wildman–Crippen LogP) is 1.66. The molecule has 1 aromatic heterocycles. The highest BCUT2D eigenvalue weighted by Crippen LogP contribution is 2.43. The van der Waals surface area contributed by atoms with Crippen LogP contribution in [-0.4, -0.2) is 63.5 Å². The lowest BCUT2D eigenvalue weighted by Gasteiger charge is -2.58. The number of carbonyl (C=O) groups excluding carboxylic acids is 2. The smallest absolute Gasteiger partial charge is 0.254 e. The van der Waals surface area contributed by atoms with E-state index in [4.69, 9.17) is 0 Å². The molecule has 7 heteroatoms. The molecule has 3 atom stereocenters. The largest absolute Gasteiger partial charge is 0.394 e. The van der Waals surface area contributed by atoms with Crippen LogP contribution in [0.3, 0.4) is 0 Å². The van der Waals surface area contributed by atoms with Crippen LogP contribution >= 0.6 is 15.9 Å². The van der Waals surface area contributed by atoms with Crippen molar-refractivity contribution in [2.24, 2.45) is 0 Å². The molecule has 6 nitrogen and oxygen atoms in total. The molecule has 26 heavy (non-hydrogen) atoms. The van der Waals surface area contributed by atoms with E-state index >= 15 is 0 Å². The number of hydrogen-bond donors (Lipinski definition) is 1. The number of amides is 2. The topological polar surface area (TPSA) is 73.7 Å². The van der Waals surface area contributed by atoms with Gasteiger partial charge in [-0.3, -0.25) is 14.6 Å². The quantitative estimate of drug-likeness (QED) is 0.826. The number of benzene rings is 1. The average molecular weight is 416 g/mol. The molecule has 1 N–H and O–H groups in total. The van der Waals surface area contributed by atoms with Gasteiger partial charge in [0.25, 0.3) is 5.91 Å². The summed E-state index contributed by atoms with van der Waals surface area (Å²) in [6, 6.07) is 10.9. The molecule has 1 aromatic carbocycles. The molecule has 2 aromatic rings. The maximum Gasteiger partial charge on any atom is 0.254 e. The molecule has 0 saturated carbocycles. The molecular weight excluding hydrogens is 398 g/mol. The van der Waals surface area contributed by atoms with E-state index in [1.54, 1.807) is 34.3 Å². The number of piperazine rings is 1. The maximum atomic E-state index is 12.7. The van der Waals surface area contributed by atoms with E-state index in [9.17, 15) is 14.7 Å². The standard InChI is InChI=1S/C19H18BrN3O3/c20-14-3-1-12(2-4-14)18-15-9-22(10-17(25)23(15)16(18)11-24)19(26)13-5-7-21-8-6-13/h1-8,15-16,18,24H,9-11H2/t15-,16+,18+/m0/s1. The molecule has 4 rings (SSSR count). The first kappa shape index (κ1) is 17.2. The van der Waals surface area contributed by atoms with Crippen molar-refractivity contribution in [2.75, 3.05) is 19.7 Å². The van der Waals surface area contributed by atoms with Gasteiger partial charge in [-0.2, -0.15) is 0 Å². The zero-order valence-electron chi connectivity index (χ0n) is 14.0. The first-order valence-corrected chi connectivity index (χ1v) is 9.26. The zero-order valence-corrected chi connectivity index (χ0v) is 15.5. The number of nitrogens with zero attached hydrogens (tertiary/aromatic N) is 3. The number of hydrogen-bond acceptors (Lipinski definition) is 4. The molecule has 0 spiro atoms. The summed E-state index contributed by atoms with van der Waals surface area (Å²) in [4.78, 5) is 32.6. The van der Waals surface area contributed by atoms with E-state index in [2.05, 4.69) is 20.9 Å². The Morgan fingerprint density at radius 3 is 2.54 bits per heavy atom. The van der Waals surface area contributed by atoms with Gasteiger partial charge in [-0.25, -0.2) is 0 Å². The molecule has 2 fully saturated rings. The SMILES string of the molecule is O=C(c1ccncc1)N1CC(=O)N2[C@H](CO)[C@H](c3ccc(Br)cc3)[C@@H]2C1. The van der Waals surface area contributed by atoms with Gasteiger partial charge in [0.15, 0.2) is 0 Å². The van der Waals surface area contributed by atoms with Crippen LogP contribution in [0.15, 0.2) is 53.3 Å². The third-order valence-electron chi connectivity index (χ3n) is 5.22. The fourth-order valence-electron chi connectivity index (χ4n) is 4.02. The van der Waals surface area contributed by atoms with Crippen LogP contribution in [0.25, 0.3) is 0 Å². The summed E-state index contributed by atoms with van der Waals surface area (Å²) in [5, 5.41) is 9.79. The summed E-state index contributed by atoms with van der Waals surface area (Å²) in [6.45, 7) is 0.423. The number of aliphatic hydroxyl groups excluding tert-OH is 1. The Morgan fingerprint density at radius 2 is 1.88 bits per heavy atom. The molecule has 0 unspecified atom stereocenters. The third-order valence-corrected chi connectivity index (χ3v) is 5.75. The van der Waals surface area contributed by atoms with Crippen molar-refractivity contribution in [3.05, 3.63) is 64.4 Å². The summed E-state index contributed by atoms with van der Waals surface area (Å²) in [7, 11) is 0. The Morgan fingerprint density at radius 1 is 1.19 bits per heavy atom. The van der Waals surface area contributed by atoms with Gasteiger partial charge in [-0.05, 0) is 29.8 Å². The summed E-state index contributed by atoms with van der Waals surface area (Å²) in [5.41, 5.74) is 1.60. The Labute approximate surface area is 159 Å². The molecule has 134 valence electrons. The van der Waals surface area contributed by atoms with Gasteiger partial charge in [-0.15, -0.1) is 0 Å². The van der Waals surface area contributed by atoms with E-state index in [-0.39, 0.29) is 43.0 Å². The molecule has 2 amide bonds. The minimum absolute atomic E-state index is 0.0186. The number of halogens is 1. The van der Waals surface area contributed by atoms with Crippen molar-refractivity contribution in [1.29, 1.82) is 0 Å². The molecule has 2 saturated heterocycles. The molecule has 2 aliphatic heterocycles. The van der Waals surface area contributed by atoms with Crippen LogP contribution in [0.1, 0.15) is 21.8 Å². The summed E-state index contributed by atoms with van der Waals surface area (Å²) in [6.07, 6.45) is 3.14. The second-order valence-electron chi connectivity index (χ2n) is 6.62. The second kappa shape index (κ2) is 6.81. The van der Waals surface area contributed by atoms with E-state index in [1.165, 1.54) is 0 Å². The van der Waals surface area contributed by atoms with Crippen molar-refractivity contribution >= 4 is 27.7 Å². The molecule has 3 heterocycles. The van der Waals surface area contributed by atoms with Crippen LogP contribution in [-0.2, 0) is 4.79 Å². The van der Waals surface area contributed by atoms with E-state index < -0.39 is 0 Å². The van der Waals surface area contributed by atoms with Crippen molar-refractivity contribution < 1.29 is 14.7 Å². The highest BCUT2D eigenvalue weighted by molar-refractivity contribution is 9.10. The predicted molar refractivity (Wildman–Crippen MR) is 98.5 cm³/mol.